The normalized spacial score (nSPS) is 11.5. The molecule has 148 valence electrons. The Bertz CT molecular complexity index is 1200. The zero-order chi connectivity index (χ0) is 20.4. The first kappa shape index (κ1) is 19.3. The number of terminal acetylenes is 1. The fraction of sp³-hybridized carbons (Fsp3) is 0.286. The van der Waals surface area contributed by atoms with E-state index in [0.717, 1.165) is 51.8 Å². The number of nitrogens with zero attached hydrogens (tertiary/aromatic N) is 4. The molecule has 0 aliphatic heterocycles. The summed E-state index contributed by atoms with van der Waals surface area (Å²) in [7, 11) is 0. The maximum atomic E-state index is 6.05. The van der Waals surface area contributed by atoms with E-state index < -0.39 is 0 Å². The third-order valence-corrected chi connectivity index (χ3v) is 5.65. The minimum Gasteiger partial charge on any atom is -0.382 e. The summed E-state index contributed by atoms with van der Waals surface area (Å²) in [5.41, 5.74) is 9.26. The smallest absolute Gasteiger partial charge is 0.175 e. The quantitative estimate of drug-likeness (QED) is 0.322. The van der Waals surface area contributed by atoms with Crippen molar-refractivity contribution in [3.8, 4) is 12.3 Å². The number of imidazole rings is 1. The van der Waals surface area contributed by atoms with Crippen molar-refractivity contribution in [2.45, 2.75) is 30.4 Å². The van der Waals surface area contributed by atoms with E-state index in [9.17, 15) is 0 Å². The van der Waals surface area contributed by atoms with Gasteiger partial charge in [0.2, 0.25) is 0 Å². The van der Waals surface area contributed by atoms with Crippen molar-refractivity contribution in [2.24, 2.45) is 5.92 Å². The molecule has 0 radical (unpaired) electrons. The van der Waals surface area contributed by atoms with Gasteiger partial charge < -0.3 is 20.6 Å². The Kier molecular flexibility index (Phi) is 5.43. The van der Waals surface area contributed by atoms with Crippen LogP contribution in [-0.2, 0) is 6.54 Å². The Morgan fingerprint density at radius 1 is 1.34 bits per heavy atom. The summed E-state index contributed by atoms with van der Waals surface area (Å²) < 4.78 is 2.07. The highest BCUT2D eigenvalue weighted by Crippen LogP contribution is 2.34. The molecule has 1 aromatic carbocycles. The van der Waals surface area contributed by atoms with Crippen LogP contribution in [0.5, 0.6) is 0 Å². The van der Waals surface area contributed by atoms with Crippen LogP contribution in [0.15, 0.2) is 40.8 Å². The average molecular weight is 406 g/mol. The molecule has 0 amide bonds. The second kappa shape index (κ2) is 8.15. The topological polar surface area (TPSA) is 97.4 Å². The van der Waals surface area contributed by atoms with E-state index in [1.165, 1.54) is 18.1 Å². The Balaban J connectivity index is 1.72. The maximum absolute atomic E-state index is 6.05. The van der Waals surface area contributed by atoms with E-state index >= 15 is 0 Å². The van der Waals surface area contributed by atoms with Gasteiger partial charge in [-0.1, -0.05) is 31.5 Å². The summed E-state index contributed by atoms with van der Waals surface area (Å²) in [5, 5.41) is 5.35. The van der Waals surface area contributed by atoms with Gasteiger partial charge in [-0.2, -0.15) is 0 Å². The lowest BCUT2D eigenvalue weighted by molar-refractivity contribution is 0.516. The second-order valence-corrected chi connectivity index (χ2v) is 8.24. The van der Waals surface area contributed by atoms with Crippen molar-refractivity contribution in [1.82, 2.24) is 29.8 Å². The molecule has 0 atom stereocenters. The largest absolute Gasteiger partial charge is 0.382 e. The SMILES string of the molecule is C#Cc1cc2cc[nH]c2cc1Sc1nc2c(N)ncnc2n1CCNCC(C)C. The van der Waals surface area contributed by atoms with Gasteiger partial charge in [0.05, 0.1) is 0 Å². The van der Waals surface area contributed by atoms with Crippen molar-refractivity contribution < 1.29 is 0 Å². The van der Waals surface area contributed by atoms with Gasteiger partial charge in [0.25, 0.3) is 0 Å². The zero-order valence-electron chi connectivity index (χ0n) is 16.4. The molecule has 3 heterocycles. The fourth-order valence-corrected chi connectivity index (χ4v) is 4.20. The van der Waals surface area contributed by atoms with Crippen LogP contribution in [0.3, 0.4) is 0 Å². The lowest BCUT2D eigenvalue weighted by atomic mass is 10.2. The van der Waals surface area contributed by atoms with Gasteiger partial charge >= 0.3 is 0 Å². The van der Waals surface area contributed by atoms with Gasteiger partial charge in [0, 0.05) is 40.6 Å². The van der Waals surface area contributed by atoms with Crippen LogP contribution in [0.25, 0.3) is 22.1 Å². The Hall–Kier alpha value is -3.02. The summed E-state index contributed by atoms with van der Waals surface area (Å²) in [6, 6.07) is 6.08. The van der Waals surface area contributed by atoms with Crippen LogP contribution < -0.4 is 11.1 Å². The average Bonchev–Trinajstić information content (AvgIpc) is 3.29. The number of H-pyrrole nitrogens is 1. The van der Waals surface area contributed by atoms with E-state index in [1.54, 1.807) is 0 Å². The van der Waals surface area contributed by atoms with Gasteiger partial charge in [-0.25, -0.2) is 15.0 Å². The summed E-state index contributed by atoms with van der Waals surface area (Å²) in [6.45, 7) is 6.85. The van der Waals surface area contributed by atoms with E-state index in [1.807, 2.05) is 18.3 Å². The molecule has 4 aromatic rings. The van der Waals surface area contributed by atoms with Crippen LogP contribution in [-0.4, -0.2) is 37.6 Å². The molecular weight excluding hydrogens is 382 g/mol. The molecule has 0 spiro atoms. The molecule has 4 rings (SSSR count). The van der Waals surface area contributed by atoms with Crippen molar-refractivity contribution in [2.75, 3.05) is 18.8 Å². The molecule has 29 heavy (non-hydrogen) atoms. The first-order valence-corrected chi connectivity index (χ1v) is 10.3. The molecule has 8 heteroatoms. The van der Waals surface area contributed by atoms with Crippen LogP contribution in [0.4, 0.5) is 5.82 Å². The number of aromatic amines is 1. The number of nitrogens with one attached hydrogen (secondary N) is 2. The number of nitrogen functional groups attached to an aromatic ring is 1. The van der Waals surface area contributed by atoms with E-state index in [0.29, 0.717) is 17.3 Å². The van der Waals surface area contributed by atoms with Crippen molar-refractivity contribution in [3.05, 3.63) is 36.3 Å². The maximum Gasteiger partial charge on any atom is 0.175 e. The van der Waals surface area contributed by atoms with Crippen molar-refractivity contribution in [1.29, 1.82) is 0 Å². The summed E-state index contributed by atoms with van der Waals surface area (Å²) in [5.74, 6) is 3.76. The summed E-state index contributed by atoms with van der Waals surface area (Å²) in [6.07, 6.45) is 9.16. The molecule has 0 saturated carbocycles. The highest BCUT2D eigenvalue weighted by Gasteiger charge is 2.17. The Morgan fingerprint density at radius 3 is 3.00 bits per heavy atom. The van der Waals surface area contributed by atoms with Crippen molar-refractivity contribution in [3.63, 3.8) is 0 Å². The molecule has 0 aliphatic rings. The molecule has 4 N–H and O–H groups in total. The first-order valence-electron chi connectivity index (χ1n) is 9.50. The van der Waals surface area contributed by atoms with Gasteiger partial charge in [-0.3, -0.25) is 0 Å². The Labute approximate surface area is 173 Å². The monoisotopic (exact) mass is 405 g/mol. The minimum absolute atomic E-state index is 0.378. The molecular formula is C21H23N7S. The number of hydrogen-bond donors (Lipinski definition) is 3. The third kappa shape index (κ3) is 3.92. The molecule has 0 bridgehead atoms. The predicted molar refractivity (Wildman–Crippen MR) is 118 cm³/mol. The lowest BCUT2D eigenvalue weighted by Crippen LogP contribution is -2.24. The van der Waals surface area contributed by atoms with Crippen molar-refractivity contribution >= 4 is 39.6 Å². The third-order valence-electron chi connectivity index (χ3n) is 4.60. The number of anilines is 1. The highest BCUT2D eigenvalue weighted by molar-refractivity contribution is 7.99. The first-order chi connectivity index (χ1) is 14.1. The van der Waals surface area contributed by atoms with E-state index in [-0.39, 0.29) is 0 Å². The number of fused-ring (bicyclic) bond motifs is 2. The van der Waals surface area contributed by atoms with Crippen LogP contribution in [0.1, 0.15) is 19.4 Å². The number of benzene rings is 1. The molecule has 0 fully saturated rings. The Morgan fingerprint density at radius 2 is 2.21 bits per heavy atom. The molecule has 0 unspecified atom stereocenters. The number of aromatic nitrogens is 5. The lowest BCUT2D eigenvalue weighted by Gasteiger charge is -2.11. The van der Waals surface area contributed by atoms with Gasteiger partial charge in [0.1, 0.15) is 6.33 Å². The molecule has 7 nitrogen and oxygen atoms in total. The van der Waals surface area contributed by atoms with Crippen LogP contribution in [0.2, 0.25) is 0 Å². The van der Waals surface area contributed by atoms with E-state index in [4.69, 9.17) is 17.1 Å². The fourth-order valence-electron chi connectivity index (χ4n) is 3.17. The van der Waals surface area contributed by atoms with Gasteiger partial charge in [-0.15, -0.1) is 6.42 Å². The van der Waals surface area contributed by atoms with Gasteiger partial charge in [-0.05, 0) is 30.7 Å². The number of rotatable bonds is 7. The zero-order valence-corrected chi connectivity index (χ0v) is 17.3. The van der Waals surface area contributed by atoms with E-state index in [2.05, 4.69) is 50.7 Å². The number of nitrogens with two attached hydrogens (primary N) is 1. The van der Waals surface area contributed by atoms with Crippen LogP contribution >= 0.6 is 11.8 Å². The summed E-state index contributed by atoms with van der Waals surface area (Å²) >= 11 is 1.52. The van der Waals surface area contributed by atoms with Gasteiger partial charge in [0.15, 0.2) is 22.1 Å². The molecule has 0 aliphatic carbocycles. The number of hydrogen-bond acceptors (Lipinski definition) is 6. The summed E-state index contributed by atoms with van der Waals surface area (Å²) in [4.78, 5) is 17.4. The highest BCUT2D eigenvalue weighted by atomic mass is 32.2. The molecule has 3 aromatic heterocycles. The standard InChI is InChI=1S/C21H23N7S/c1-4-14-9-15-5-6-24-16(15)10-17(14)29-21-27-18-19(22)25-12-26-20(18)28(21)8-7-23-11-13(2)3/h1,5-6,9-10,12-13,23-24H,7-8,11H2,2-3H3,(H2,22,25,26). The predicted octanol–water partition coefficient (Wildman–Crippen LogP) is 3.27. The second-order valence-electron chi connectivity index (χ2n) is 7.23. The molecule has 0 saturated heterocycles. The van der Waals surface area contributed by atoms with Crippen LogP contribution in [0, 0.1) is 18.3 Å². The minimum atomic E-state index is 0.378.